The highest BCUT2D eigenvalue weighted by atomic mass is 32.1. The Labute approximate surface area is 49.0 Å². The molecule has 0 fully saturated rings. The van der Waals surface area contributed by atoms with E-state index in [0.717, 1.165) is 10.4 Å². The average molecular weight is 131 g/mol. The summed E-state index contributed by atoms with van der Waals surface area (Å²) in [6.45, 7) is 2.00. The highest BCUT2D eigenvalue weighted by Crippen LogP contribution is 2.00. The van der Waals surface area contributed by atoms with Crippen LogP contribution in [-0.4, -0.2) is 4.98 Å². The van der Waals surface area contributed by atoms with Crippen molar-refractivity contribution in [2.75, 3.05) is 0 Å². The second-order valence-corrected chi connectivity index (χ2v) is 2.95. The van der Waals surface area contributed by atoms with Gasteiger partial charge in [0, 0.05) is 5.38 Å². The van der Waals surface area contributed by atoms with E-state index in [4.69, 9.17) is 0 Å². The Balaban J connectivity index is 3.04. The molecule has 0 spiro atoms. The van der Waals surface area contributed by atoms with Crippen LogP contribution in [0.4, 0.5) is 0 Å². The number of aromatic nitrogens is 1. The molecule has 1 aromatic rings. The summed E-state index contributed by atoms with van der Waals surface area (Å²) in [6, 6.07) is 0. The molecule has 0 aliphatic rings. The van der Waals surface area contributed by atoms with E-state index in [1.165, 1.54) is 0 Å². The predicted molar refractivity (Wildman–Crippen MR) is 36.2 cm³/mol. The van der Waals surface area contributed by atoms with Crippen LogP contribution >= 0.6 is 20.6 Å². The van der Waals surface area contributed by atoms with Crippen LogP contribution in [0.15, 0.2) is 5.38 Å². The van der Waals surface area contributed by atoms with Gasteiger partial charge in [-0.3, -0.25) is 0 Å². The van der Waals surface area contributed by atoms with Gasteiger partial charge in [0.25, 0.3) is 0 Å². The van der Waals surface area contributed by atoms with E-state index in [0.29, 0.717) is 0 Å². The molecule has 1 unspecified atom stereocenters. The van der Waals surface area contributed by atoms with Crippen LogP contribution in [0.1, 0.15) is 5.01 Å². The van der Waals surface area contributed by atoms with Crippen LogP contribution in [0, 0.1) is 6.92 Å². The molecule has 1 rings (SSSR count). The molecule has 38 valence electrons. The first-order chi connectivity index (χ1) is 3.29. The van der Waals surface area contributed by atoms with E-state index in [-0.39, 0.29) is 0 Å². The molecule has 0 N–H and O–H groups in total. The second kappa shape index (κ2) is 1.89. The first kappa shape index (κ1) is 5.20. The Bertz CT molecular complexity index is 144. The Morgan fingerprint density at radius 2 is 2.57 bits per heavy atom. The standard InChI is InChI=1S/C4H6NPS/c1-3-5-4(6)2-7-3/h2H,6H2,1H3. The lowest BCUT2D eigenvalue weighted by Gasteiger charge is -1.70. The fraction of sp³-hybridized carbons (Fsp3) is 0.250. The van der Waals surface area contributed by atoms with Crippen LogP contribution in [0.2, 0.25) is 0 Å². The van der Waals surface area contributed by atoms with E-state index >= 15 is 0 Å². The number of thiazole rings is 1. The Kier molecular flexibility index (Phi) is 1.40. The number of hydrogen-bond acceptors (Lipinski definition) is 2. The lowest BCUT2D eigenvalue weighted by molar-refractivity contribution is 1.34. The zero-order valence-corrected chi connectivity index (χ0v) is 5.98. The van der Waals surface area contributed by atoms with Gasteiger partial charge in [0.15, 0.2) is 0 Å². The molecule has 0 radical (unpaired) electrons. The van der Waals surface area contributed by atoms with E-state index < -0.39 is 0 Å². The fourth-order valence-corrected chi connectivity index (χ4v) is 1.37. The SMILES string of the molecule is Cc1nc(P)cs1. The second-order valence-electron chi connectivity index (χ2n) is 1.29. The molecule has 1 aromatic heterocycles. The first-order valence-electron chi connectivity index (χ1n) is 1.96. The summed E-state index contributed by atoms with van der Waals surface area (Å²) >= 11 is 1.67. The largest absolute Gasteiger partial charge is 0.242 e. The minimum atomic E-state index is 1.04. The maximum atomic E-state index is 4.09. The summed E-state index contributed by atoms with van der Waals surface area (Å²) in [7, 11) is 2.55. The first-order valence-corrected chi connectivity index (χ1v) is 3.42. The molecular weight excluding hydrogens is 125 g/mol. The van der Waals surface area contributed by atoms with Crippen molar-refractivity contribution in [3.05, 3.63) is 10.4 Å². The summed E-state index contributed by atoms with van der Waals surface area (Å²) in [5.74, 6) is 0. The number of hydrogen-bond donors (Lipinski definition) is 0. The fourth-order valence-electron chi connectivity index (χ4n) is 0.380. The van der Waals surface area contributed by atoms with Crippen molar-refractivity contribution in [3.8, 4) is 0 Å². The molecule has 0 aliphatic heterocycles. The van der Waals surface area contributed by atoms with E-state index in [1.54, 1.807) is 11.3 Å². The van der Waals surface area contributed by atoms with Crippen molar-refractivity contribution in [2.24, 2.45) is 0 Å². The quantitative estimate of drug-likeness (QED) is 0.478. The predicted octanol–water partition coefficient (Wildman–Crippen LogP) is 0.952. The summed E-state index contributed by atoms with van der Waals surface area (Å²) < 4.78 is 0. The normalized spacial score (nSPS) is 9.43. The van der Waals surface area contributed by atoms with E-state index in [2.05, 4.69) is 14.2 Å². The summed E-state index contributed by atoms with van der Waals surface area (Å²) in [6.07, 6.45) is 0. The molecule has 7 heavy (non-hydrogen) atoms. The van der Waals surface area contributed by atoms with Gasteiger partial charge >= 0.3 is 0 Å². The summed E-state index contributed by atoms with van der Waals surface area (Å²) in [5.41, 5.74) is 1.04. The summed E-state index contributed by atoms with van der Waals surface area (Å²) in [4.78, 5) is 4.09. The van der Waals surface area contributed by atoms with Crippen molar-refractivity contribution in [3.63, 3.8) is 0 Å². The number of rotatable bonds is 0. The van der Waals surface area contributed by atoms with Crippen molar-refractivity contribution in [1.29, 1.82) is 0 Å². The van der Waals surface area contributed by atoms with Gasteiger partial charge in [0.1, 0.15) is 0 Å². The van der Waals surface area contributed by atoms with E-state index in [1.807, 2.05) is 12.3 Å². The average Bonchev–Trinajstić information content (AvgIpc) is 1.87. The van der Waals surface area contributed by atoms with Crippen LogP contribution in [0.3, 0.4) is 0 Å². The lowest BCUT2D eigenvalue weighted by atomic mass is 10.8. The smallest absolute Gasteiger partial charge is 0.0901 e. The van der Waals surface area contributed by atoms with Crippen LogP contribution in [0.5, 0.6) is 0 Å². The van der Waals surface area contributed by atoms with Crippen LogP contribution in [0.25, 0.3) is 0 Å². The van der Waals surface area contributed by atoms with Crippen molar-refractivity contribution in [2.45, 2.75) is 6.92 Å². The monoisotopic (exact) mass is 131 g/mol. The molecule has 0 saturated carbocycles. The van der Waals surface area contributed by atoms with Gasteiger partial charge in [0.2, 0.25) is 0 Å². The van der Waals surface area contributed by atoms with Crippen molar-refractivity contribution in [1.82, 2.24) is 4.98 Å². The molecule has 1 heterocycles. The summed E-state index contributed by atoms with van der Waals surface area (Å²) in [5, 5.41) is 3.14. The number of aryl methyl sites for hydroxylation is 1. The zero-order chi connectivity index (χ0) is 5.28. The Hall–Kier alpha value is 0.0600. The highest BCUT2D eigenvalue weighted by molar-refractivity contribution is 7.28. The maximum Gasteiger partial charge on any atom is 0.0901 e. The molecule has 0 aromatic carbocycles. The highest BCUT2D eigenvalue weighted by Gasteiger charge is 1.86. The third-order valence-electron chi connectivity index (χ3n) is 0.637. The van der Waals surface area contributed by atoms with Gasteiger partial charge in [0.05, 0.1) is 10.4 Å². The van der Waals surface area contributed by atoms with E-state index in [9.17, 15) is 0 Å². The minimum Gasteiger partial charge on any atom is -0.242 e. The van der Waals surface area contributed by atoms with Gasteiger partial charge in [-0.2, -0.15) is 0 Å². The third-order valence-corrected chi connectivity index (χ3v) is 1.97. The molecule has 0 amide bonds. The minimum absolute atomic E-state index is 1.04. The van der Waals surface area contributed by atoms with Crippen LogP contribution < -0.4 is 5.44 Å². The molecule has 0 aliphatic carbocycles. The molecule has 1 atom stereocenters. The molecule has 3 heteroatoms. The third kappa shape index (κ3) is 1.22. The van der Waals surface area contributed by atoms with Gasteiger partial charge in [-0.1, -0.05) is 9.24 Å². The Morgan fingerprint density at radius 3 is 2.71 bits per heavy atom. The van der Waals surface area contributed by atoms with Gasteiger partial charge in [-0.15, -0.1) is 11.3 Å². The van der Waals surface area contributed by atoms with Crippen molar-refractivity contribution >= 4 is 26.0 Å². The van der Waals surface area contributed by atoms with Gasteiger partial charge in [-0.25, -0.2) is 4.98 Å². The van der Waals surface area contributed by atoms with Gasteiger partial charge < -0.3 is 0 Å². The number of nitrogens with zero attached hydrogens (tertiary/aromatic N) is 1. The topological polar surface area (TPSA) is 12.9 Å². The van der Waals surface area contributed by atoms with Crippen molar-refractivity contribution < 1.29 is 0 Å². The maximum absolute atomic E-state index is 4.09. The van der Waals surface area contributed by atoms with Gasteiger partial charge in [-0.05, 0) is 6.92 Å². The molecule has 0 bridgehead atoms. The lowest BCUT2D eigenvalue weighted by Crippen LogP contribution is -1.86. The molecular formula is C4H6NPS. The zero-order valence-electron chi connectivity index (χ0n) is 4.01. The molecule has 1 nitrogen and oxygen atoms in total. The Morgan fingerprint density at radius 1 is 1.86 bits per heavy atom. The van der Waals surface area contributed by atoms with Crippen LogP contribution in [-0.2, 0) is 0 Å². The molecule has 0 saturated heterocycles.